The fourth-order valence-electron chi connectivity index (χ4n) is 1.17. The summed E-state index contributed by atoms with van der Waals surface area (Å²) in [5.41, 5.74) is 3.20. The average Bonchev–Trinajstić information content (AvgIpc) is 2.95. The largest absolute Gasteiger partial charge is 0.444 e. The first-order valence-electron chi connectivity index (χ1n) is 4.80. The zero-order valence-corrected chi connectivity index (χ0v) is 11.3. The van der Waals surface area contributed by atoms with Crippen LogP contribution in [-0.4, -0.2) is 11.6 Å². The molecule has 2 aromatic rings. The molecule has 1 N–H and O–H groups in total. The first-order valence-corrected chi connectivity index (χ1v) is 6.48. The Hall–Kier alpha value is -1.40. The maximum Gasteiger partial charge on any atom is 0.307 e. The minimum Gasteiger partial charge on any atom is -0.444 e. The number of nitrogens with one attached hydrogen (secondary N) is 1. The molecular weight excluding hydrogens is 304 g/mol. The van der Waals surface area contributed by atoms with E-state index < -0.39 is 0 Å². The number of halogens is 1. The van der Waals surface area contributed by atoms with Gasteiger partial charge in [0.1, 0.15) is 0 Å². The molecule has 1 amide bonds. The predicted octanol–water partition coefficient (Wildman–Crippen LogP) is 3.26. The lowest BCUT2D eigenvalue weighted by atomic mass is 10.3. The summed E-state index contributed by atoms with van der Waals surface area (Å²) in [5.74, 6) is -0.147. The van der Waals surface area contributed by atoms with E-state index in [9.17, 15) is 4.79 Å². The Bertz CT molecular complexity index is 546. The molecule has 6 heteroatoms. The van der Waals surface area contributed by atoms with Crippen molar-refractivity contribution in [2.75, 3.05) is 0 Å². The summed E-state index contributed by atoms with van der Waals surface area (Å²) in [6.07, 6.45) is 0. The molecule has 2 heterocycles. The Morgan fingerprint density at radius 3 is 2.88 bits per heavy atom. The highest BCUT2D eigenvalue weighted by atomic mass is 79.9. The molecule has 88 valence electrons. The second-order valence-corrected chi connectivity index (χ2v) is 4.95. The van der Waals surface area contributed by atoms with Crippen molar-refractivity contribution in [2.45, 2.75) is 6.92 Å². The topological polar surface area (TPSA) is 54.6 Å². The number of amides is 1. The van der Waals surface area contributed by atoms with E-state index in [1.807, 2.05) is 24.4 Å². The van der Waals surface area contributed by atoms with E-state index in [1.165, 1.54) is 0 Å². The van der Waals surface area contributed by atoms with Crippen LogP contribution in [0.15, 0.2) is 43.8 Å². The summed E-state index contributed by atoms with van der Waals surface area (Å²) in [6, 6.07) is 7.11. The molecule has 0 fully saturated rings. The van der Waals surface area contributed by atoms with Crippen molar-refractivity contribution in [3.63, 3.8) is 0 Å². The number of hydrogen-bond donors (Lipinski definition) is 1. The smallest absolute Gasteiger partial charge is 0.307 e. The molecule has 0 aliphatic heterocycles. The minimum atomic E-state index is -0.369. The molecule has 0 aliphatic rings. The van der Waals surface area contributed by atoms with Gasteiger partial charge >= 0.3 is 5.91 Å². The quantitative estimate of drug-likeness (QED) is 0.698. The molecule has 2 rings (SSSR count). The first-order chi connectivity index (χ1) is 8.16. The van der Waals surface area contributed by atoms with Gasteiger partial charge in [0.25, 0.3) is 0 Å². The molecule has 0 saturated carbocycles. The molecule has 0 bridgehead atoms. The van der Waals surface area contributed by atoms with E-state index in [-0.39, 0.29) is 11.7 Å². The molecular formula is C11H9BrN2O2S. The van der Waals surface area contributed by atoms with Gasteiger partial charge in [-0.1, -0.05) is 6.07 Å². The number of hydrogen-bond acceptors (Lipinski definition) is 4. The molecule has 0 saturated heterocycles. The molecule has 0 radical (unpaired) electrons. The van der Waals surface area contributed by atoms with Gasteiger partial charge in [0, 0.05) is 4.88 Å². The number of carbonyl (C=O) groups is 1. The predicted molar refractivity (Wildman–Crippen MR) is 70.4 cm³/mol. The van der Waals surface area contributed by atoms with E-state index in [1.54, 1.807) is 23.5 Å². The Morgan fingerprint density at radius 1 is 1.47 bits per heavy atom. The van der Waals surface area contributed by atoms with Crippen molar-refractivity contribution in [3.05, 3.63) is 45.0 Å². The third-order valence-corrected chi connectivity index (χ3v) is 3.40. The van der Waals surface area contributed by atoms with Crippen LogP contribution in [0.4, 0.5) is 0 Å². The lowest BCUT2D eigenvalue weighted by molar-refractivity contribution is 0.0926. The third-order valence-electron chi connectivity index (χ3n) is 2.00. The number of rotatable bonds is 3. The van der Waals surface area contributed by atoms with Crippen LogP contribution in [0, 0.1) is 0 Å². The lowest BCUT2D eigenvalue weighted by Crippen LogP contribution is -2.18. The standard InChI is InChI=1S/C11H9BrN2O2S/c1-7(9-3-2-6-17-9)13-14-11(15)8-4-5-10(12)16-8/h2-6H,1H3,(H,14,15). The molecule has 0 aliphatic carbocycles. The van der Waals surface area contributed by atoms with Crippen LogP contribution in [0.1, 0.15) is 22.4 Å². The number of carbonyl (C=O) groups excluding carboxylic acids is 1. The van der Waals surface area contributed by atoms with Crippen molar-refractivity contribution in [1.29, 1.82) is 0 Å². The SMILES string of the molecule is CC(=NNC(=O)c1ccc(Br)o1)c1cccs1. The molecule has 17 heavy (non-hydrogen) atoms. The molecule has 4 nitrogen and oxygen atoms in total. The van der Waals surface area contributed by atoms with Crippen LogP contribution in [-0.2, 0) is 0 Å². The first kappa shape index (κ1) is 12.1. The minimum absolute atomic E-state index is 0.222. The Labute approximate surface area is 110 Å². The monoisotopic (exact) mass is 312 g/mol. The zero-order chi connectivity index (χ0) is 12.3. The molecule has 0 atom stereocenters. The van der Waals surface area contributed by atoms with E-state index in [4.69, 9.17) is 4.42 Å². The second-order valence-electron chi connectivity index (χ2n) is 3.22. The van der Waals surface area contributed by atoms with E-state index in [0.29, 0.717) is 4.67 Å². The normalized spacial score (nSPS) is 11.5. The average molecular weight is 313 g/mol. The number of thiophene rings is 1. The van der Waals surface area contributed by atoms with E-state index in [0.717, 1.165) is 10.6 Å². The van der Waals surface area contributed by atoms with Gasteiger partial charge in [0.05, 0.1) is 5.71 Å². The van der Waals surface area contributed by atoms with Gasteiger partial charge in [-0.3, -0.25) is 4.79 Å². The number of hydrazone groups is 1. The molecule has 0 spiro atoms. The Balaban J connectivity index is 2.03. The van der Waals surface area contributed by atoms with Crippen molar-refractivity contribution in [3.8, 4) is 0 Å². The van der Waals surface area contributed by atoms with Crippen LogP contribution in [0.2, 0.25) is 0 Å². The summed E-state index contributed by atoms with van der Waals surface area (Å²) >= 11 is 4.70. The van der Waals surface area contributed by atoms with Crippen LogP contribution in [0.25, 0.3) is 0 Å². The van der Waals surface area contributed by atoms with Crippen molar-refractivity contribution in [2.24, 2.45) is 5.10 Å². The third kappa shape index (κ3) is 3.04. The molecule has 0 aromatic carbocycles. The van der Waals surface area contributed by atoms with Crippen LogP contribution >= 0.6 is 27.3 Å². The highest BCUT2D eigenvalue weighted by Gasteiger charge is 2.09. The summed E-state index contributed by atoms with van der Waals surface area (Å²) in [7, 11) is 0. The second kappa shape index (κ2) is 5.29. The maximum absolute atomic E-state index is 11.6. The van der Waals surface area contributed by atoms with Gasteiger partial charge < -0.3 is 4.42 Å². The fraction of sp³-hybridized carbons (Fsp3) is 0.0909. The van der Waals surface area contributed by atoms with Gasteiger partial charge in [0.15, 0.2) is 10.4 Å². The zero-order valence-electron chi connectivity index (χ0n) is 8.94. The Kier molecular flexibility index (Phi) is 3.75. The van der Waals surface area contributed by atoms with Crippen molar-refractivity contribution < 1.29 is 9.21 Å². The van der Waals surface area contributed by atoms with Crippen molar-refractivity contribution in [1.82, 2.24) is 5.43 Å². The van der Waals surface area contributed by atoms with Gasteiger partial charge in [-0.05, 0) is 46.4 Å². The highest BCUT2D eigenvalue weighted by molar-refractivity contribution is 9.10. The van der Waals surface area contributed by atoms with Crippen LogP contribution in [0.3, 0.4) is 0 Å². The van der Waals surface area contributed by atoms with Gasteiger partial charge in [-0.15, -0.1) is 11.3 Å². The van der Waals surface area contributed by atoms with Crippen molar-refractivity contribution >= 4 is 38.9 Å². The number of furan rings is 1. The van der Waals surface area contributed by atoms with E-state index >= 15 is 0 Å². The van der Waals surface area contributed by atoms with Gasteiger partial charge in [0.2, 0.25) is 0 Å². The summed E-state index contributed by atoms with van der Waals surface area (Å²) in [6.45, 7) is 1.84. The Morgan fingerprint density at radius 2 is 2.29 bits per heavy atom. The molecule has 2 aromatic heterocycles. The summed E-state index contributed by atoms with van der Waals surface area (Å²) < 4.78 is 5.62. The lowest BCUT2D eigenvalue weighted by Gasteiger charge is -1.98. The van der Waals surface area contributed by atoms with E-state index in [2.05, 4.69) is 26.5 Å². The highest BCUT2D eigenvalue weighted by Crippen LogP contribution is 2.14. The van der Waals surface area contributed by atoms with Crippen LogP contribution in [0.5, 0.6) is 0 Å². The molecule has 0 unspecified atom stereocenters. The summed E-state index contributed by atoms with van der Waals surface area (Å²) in [5, 5.41) is 5.96. The number of nitrogens with zero attached hydrogens (tertiary/aromatic N) is 1. The van der Waals surface area contributed by atoms with Gasteiger partial charge in [-0.25, -0.2) is 5.43 Å². The van der Waals surface area contributed by atoms with Gasteiger partial charge in [-0.2, -0.15) is 5.10 Å². The summed E-state index contributed by atoms with van der Waals surface area (Å²) in [4.78, 5) is 12.6. The fourth-order valence-corrected chi connectivity index (χ4v) is 2.15. The van der Waals surface area contributed by atoms with Crippen LogP contribution < -0.4 is 5.43 Å². The maximum atomic E-state index is 11.6.